The summed E-state index contributed by atoms with van der Waals surface area (Å²) in [6.45, 7) is 0.472. The van der Waals surface area contributed by atoms with E-state index in [1.165, 1.54) is 0 Å². The third kappa shape index (κ3) is 7910. The summed E-state index contributed by atoms with van der Waals surface area (Å²) < 4.78 is 0. The Labute approximate surface area is 108 Å². The van der Waals surface area contributed by atoms with Crippen LogP contribution in [0.4, 0.5) is 0 Å². The first kappa shape index (κ1) is 24.7. The van der Waals surface area contributed by atoms with Crippen LogP contribution >= 0.6 is 0 Å². The van der Waals surface area contributed by atoms with E-state index in [0.29, 0.717) is 0 Å². The molecule has 0 aromatic carbocycles. The SMILES string of the molecule is CC(=O)[O-].O=C[O-].[CH3][Sn+]([CH3])[CH3].[CH3][Sn+]([CH3])[CH3]. The van der Waals surface area contributed by atoms with Crippen molar-refractivity contribution in [2.75, 3.05) is 0 Å². The molecule has 0 aromatic heterocycles. The van der Waals surface area contributed by atoms with Gasteiger partial charge in [0.05, 0.1) is 0 Å². The van der Waals surface area contributed by atoms with Crippen molar-refractivity contribution in [2.45, 2.75) is 36.6 Å². The Hall–Kier alpha value is 0.537. The van der Waals surface area contributed by atoms with Gasteiger partial charge in [-0.2, -0.15) is 0 Å². The van der Waals surface area contributed by atoms with E-state index in [-0.39, 0.29) is 0 Å². The van der Waals surface area contributed by atoms with E-state index >= 15 is 0 Å². The molecular weight excluding hydrogens is 410 g/mol. The molecule has 0 N–H and O–H groups in total. The van der Waals surface area contributed by atoms with Crippen molar-refractivity contribution in [1.29, 1.82) is 0 Å². The first-order chi connectivity index (χ1) is 6.61. The van der Waals surface area contributed by atoms with E-state index < -0.39 is 52.0 Å². The fraction of sp³-hybridized carbons (Fsp3) is 0.778. The van der Waals surface area contributed by atoms with Crippen LogP contribution in [-0.4, -0.2) is 52.0 Å². The number of rotatable bonds is 0. The number of hydrogen-bond acceptors (Lipinski definition) is 4. The maximum atomic E-state index is 8.89. The van der Waals surface area contributed by atoms with Crippen molar-refractivity contribution in [3.63, 3.8) is 0 Å². The minimum atomic E-state index is -1.08. The third-order valence-corrected chi connectivity index (χ3v) is 0. The molecule has 0 saturated heterocycles. The van der Waals surface area contributed by atoms with Gasteiger partial charge in [-0.1, -0.05) is 0 Å². The Morgan fingerprint density at radius 3 is 1.00 bits per heavy atom. The number of carboxylic acids is 1. The number of hydrogen-bond donors (Lipinski definition) is 0. The van der Waals surface area contributed by atoms with Gasteiger partial charge in [-0.3, -0.25) is 0 Å². The van der Waals surface area contributed by atoms with E-state index in [2.05, 4.69) is 29.6 Å². The fourth-order valence-corrected chi connectivity index (χ4v) is 0. The van der Waals surface area contributed by atoms with Gasteiger partial charge in [0.15, 0.2) is 0 Å². The van der Waals surface area contributed by atoms with E-state index in [1.807, 2.05) is 0 Å². The number of aliphatic carboxylic acids is 1. The van der Waals surface area contributed by atoms with Gasteiger partial charge in [0.1, 0.15) is 0 Å². The zero-order valence-corrected chi connectivity index (χ0v) is 16.4. The number of carboxylic acid groups (broad SMARTS) is 2. The van der Waals surface area contributed by atoms with E-state index in [9.17, 15) is 0 Å². The van der Waals surface area contributed by atoms with Crippen LogP contribution in [-0.2, 0) is 9.59 Å². The van der Waals surface area contributed by atoms with Crippen LogP contribution in [0.1, 0.15) is 6.92 Å². The molecule has 6 heteroatoms. The molecule has 0 bridgehead atoms. The van der Waals surface area contributed by atoms with Gasteiger partial charge in [0, 0.05) is 12.4 Å². The van der Waals surface area contributed by atoms with Crippen molar-refractivity contribution in [3.8, 4) is 0 Å². The second-order valence-electron chi connectivity index (χ2n) is 3.59. The van der Waals surface area contributed by atoms with Crippen LogP contribution < -0.4 is 10.2 Å². The molecule has 0 heterocycles. The third-order valence-electron chi connectivity index (χ3n) is 0. The van der Waals surface area contributed by atoms with Gasteiger partial charge in [0.25, 0.3) is 0 Å². The number of carbonyl (C=O) groups excluding carboxylic acids is 2. The van der Waals surface area contributed by atoms with Gasteiger partial charge in [-0.05, 0) is 6.92 Å². The van der Waals surface area contributed by atoms with Crippen LogP contribution in [0.3, 0.4) is 0 Å². The zero-order chi connectivity index (χ0) is 13.4. The van der Waals surface area contributed by atoms with Crippen LogP contribution in [0.5, 0.6) is 0 Å². The Kier molecular flexibility index (Phi) is 39.5. The summed E-state index contributed by atoms with van der Waals surface area (Å²) in [6.07, 6.45) is 0. The van der Waals surface area contributed by atoms with Crippen LogP contribution in [0.2, 0.25) is 29.6 Å². The summed E-state index contributed by atoms with van der Waals surface area (Å²) in [7, 11) is 0. The van der Waals surface area contributed by atoms with Gasteiger partial charge in [-0.25, -0.2) is 0 Å². The van der Waals surface area contributed by atoms with E-state index in [4.69, 9.17) is 19.8 Å². The molecule has 0 fully saturated rings. The van der Waals surface area contributed by atoms with Crippen molar-refractivity contribution in [1.82, 2.24) is 0 Å². The summed E-state index contributed by atoms with van der Waals surface area (Å²) in [6, 6.07) is 0. The Morgan fingerprint density at radius 1 is 1.00 bits per heavy atom. The Balaban J connectivity index is -0.0000000542. The molecule has 4 nitrogen and oxygen atoms in total. The second kappa shape index (κ2) is 24.0. The number of carbonyl (C=O) groups is 2. The first-order valence-electron chi connectivity index (χ1n) is 4.38. The van der Waals surface area contributed by atoms with Crippen molar-refractivity contribution < 1.29 is 19.8 Å². The van der Waals surface area contributed by atoms with Crippen molar-refractivity contribution in [2.24, 2.45) is 0 Å². The molecule has 0 spiro atoms. The summed E-state index contributed by atoms with van der Waals surface area (Å²) in [4.78, 5) is 31.3. The normalized spacial score (nSPS) is 6.07. The fourth-order valence-electron chi connectivity index (χ4n) is 0. The molecule has 0 aliphatic carbocycles. The van der Waals surface area contributed by atoms with Gasteiger partial charge < -0.3 is 19.8 Å². The van der Waals surface area contributed by atoms with Crippen molar-refractivity contribution in [3.05, 3.63) is 0 Å². The molecule has 0 atom stereocenters. The second-order valence-corrected chi connectivity index (χ2v) is 20.7. The molecular formula is C9H22O4Sn2. The summed E-state index contributed by atoms with van der Waals surface area (Å²) in [5.74, 6) is -1.08. The maximum absolute atomic E-state index is 8.89. The minimum absolute atomic E-state index is 0.500. The molecule has 0 aromatic rings. The quantitative estimate of drug-likeness (QED) is 0.395. The molecule has 0 radical (unpaired) electrons. The van der Waals surface area contributed by atoms with Crippen LogP contribution in [0.25, 0.3) is 0 Å². The first-order valence-corrected chi connectivity index (χ1v) is 21.5. The summed E-state index contributed by atoms with van der Waals surface area (Å²) in [5, 5.41) is 17.1. The molecule has 0 unspecified atom stereocenters. The average molecular weight is 432 g/mol. The summed E-state index contributed by atoms with van der Waals surface area (Å²) in [5.41, 5.74) is 0. The van der Waals surface area contributed by atoms with Crippen LogP contribution in [0.15, 0.2) is 0 Å². The van der Waals surface area contributed by atoms with Gasteiger partial charge in [-0.15, -0.1) is 0 Å². The van der Waals surface area contributed by atoms with Crippen LogP contribution in [0, 0.1) is 0 Å². The molecule has 0 amide bonds. The Bertz CT molecular complexity index is 112. The molecule has 0 aliphatic heterocycles. The standard InChI is InChI=1S/C2H4O2.CH2O2.6CH3.2Sn/c1-2(3)4;2-1-3;;;;;;;;/h1H3,(H,3,4);1H,(H,2,3);6*1H3;;/q;;;;;;;;2*+1/p-2. The molecule has 0 aliphatic rings. The van der Waals surface area contributed by atoms with Gasteiger partial charge in [0.2, 0.25) is 0 Å². The molecule has 0 saturated carbocycles. The Morgan fingerprint density at radius 2 is 1.00 bits per heavy atom. The zero-order valence-electron chi connectivity index (χ0n) is 10.7. The van der Waals surface area contributed by atoms with Crippen molar-refractivity contribution >= 4 is 52.0 Å². The topological polar surface area (TPSA) is 80.3 Å². The van der Waals surface area contributed by atoms with Gasteiger partial charge >= 0.3 is 69.2 Å². The monoisotopic (exact) mass is 434 g/mol. The predicted molar refractivity (Wildman–Crippen MR) is 63.4 cm³/mol. The van der Waals surface area contributed by atoms with E-state index in [1.54, 1.807) is 0 Å². The van der Waals surface area contributed by atoms with E-state index in [0.717, 1.165) is 6.92 Å². The predicted octanol–water partition coefficient (Wildman–Crippen LogP) is -0.136. The average Bonchev–Trinajstić information content (AvgIpc) is 1.81. The summed E-state index contributed by atoms with van der Waals surface area (Å²) >= 11 is -1.09. The molecule has 90 valence electrons. The molecule has 0 rings (SSSR count). The molecule has 15 heavy (non-hydrogen) atoms.